The van der Waals surface area contributed by atoms with Gasteiger partial charge in [-0.3, -0.25) is 19.7 Å². The van der Waals surface area contributed by atoms with Gasteiger partial charge in [0.05, 0.1) is 44.1 Å². The lowest BCUT2D eigenvalue weighted by atomic mass is 9.74. The molecule has 0 bridgehead atoms. The van der Waals surface area contributed by atoms with E-state index in [1.165, 1.54) is 60.8 Å². The quantitative estimate of drug-likeness (QED) is 0.133. The van der Waals surface area contributed by atoms with Crippen molar-refractivity contribution in [1.82, 2.24) is 41.0 Å². The highest BCUT2D eigenvalue weighted by atomic mass is 32.1. The number of hydrogen-bond acceptors (Lipinski definition) is 10. The van der Waals surface area contributed by atoms with E-state index in [9.17, 15) is 24.0 Å². The summed E-state index contributed by atoms with van der Waals surface area (Å²) in [7, 11) is 2.60. The van der Waals surface area contributed by atoms with Crippen molar-refractivity contribution in [3.05, 3.63) is 52.3 Å². The second kappa shape index (κ2) is 19.0. The molecule has 5 amide bonds. The lowest BCUT2D eigenvalue weighted by Gasteiger charge is -2.45. The molecule has 15 nitrogen and oxygen atoms in total. The average Bonchev–Trinajstić information content (AvgIpc) is 4.19. The van der Waals surface area contributed by atoms with Crippen LogP contribution in [-0.2, 0) is 36.7 Å². The fourth-order valence-corrected chi connectivity index (χ4v) is 13.8. The first kappa shape index (κ1) is 46.2. The Kier molecular flexibility index (Phi) is 13.3. The van der Waals surface area contributed by atoms with E-state index in [0.717, 1.165) is 74.9 Å². The molecule has 4 unspecified atom stereocenters. The molecule has 1 spiro atoms. The molecule has 6 aliphatic rings. The number of carbonyl (C=O) groups is 5. The Morgan fingerprint density at radius 2 is 1.42 bits per heavy atom. The molecular weight excluding hydrogens is 857 g/mol. The summed E-state index contributed by atoms with van der Waals surface area (Å²) in [5.41, 5.74) is 6.54. The van der Waals surface area contributed by atoms with Crippen molar-refractivity contribution in [2.75, 3.05) is 27.3 Å². The van der Waals surface area contributed by atoms with Gasteiger partial charge in [-0.15, -0.1) is 11.3 Å². The Bertz CT molecular complexity index is 2300. The number of ether oxygens (including phenoxy) is 2. The van der Waals surface area contributed by atoms with E-state index in [1.54, 1.807) is 5.56 Å². The lowest BCUT2D eigenvalue weighted by molar-refractivity contribution is -0.139. The summed E-state index contributed by atoms with van der Waals surface area (Å²) in [4.78, 5) is 80.8. The molecule has 5 N–H and O–H groups in total. The van der Waals surface area contributed by atoms with Crippen LogP contribution in [0.4, 0.5) is 9.59 Å². The van der Waals surface area contributed by atoms with E-state index in [-0.39, 0.29) is 59.8 Å². The largest absolute Gasteiger partial charge is 0.453 e. The first-order valence-electron chi connectivity index (χ1n) is 24.4. The molecule has 3 saturated heterocycles. The van der Waals surface area contributed by atoms with Crippen LogP contribution in [0.1, 0.15) is 132 Å². The number of amides is 5. The maximum absolute atomic E-state index is 14.1. The molecule has 16 heteroatoms. The fraction of sp³-hybridized carbons (Fsp3) is 0.640. The molecule has 0 radical (unpaired) electrons. The van der Waals surface area contributed by atoms with E-state index < -0.39 is 24.3 Å². The van der Waals surface area contributed by atoms with Gasteiger partial charge in [-0.05, 0) is 116 Å². The number of thiophene rings is 1. The van der Waals surface area contributed by atoms with Gasteiger partial charge in [-0.25, -0.2) is 14.6 Å². The van der Waals surface area contributed by atoms with Crippen molar-refractivity contribution in [2.45, 2.75) is 153 Å². The number of imidazole rings is 1. The number of nitrogens with zero attached hydrogens (tertiary/aromatic N) is 3. The predicted octanol–water partition coefficient (Wildman–Crippen LogP) is 7.18. The molecule has 8 atom stereocenters. The smallest absolute Gasteiger partial charge is 0.407 e. The molecule has 2 saturated carbocycles. The molecule has 2 aromatic heterocycles. The second-order valence-corrected chi connectivity index (χ2v) is 21.6. The Hall–Kier alpha value is -4.96. The van der Waals surface area contributed by atoms with Crippen molar-refractivity contribution in [3.8, 4) is 21.7 Å². The molecule has 5 fully saturated rings. The van der Waals surface area contributed by atoms with Crippen LogP contribution >= 0.6 is 11.3 Å². The van der Waals surface area contributed by atoms with Crippen LogP contribution in [0.5, 0.6) is 0 Å². The number of hydrogen-bond donors (Lipinski definition) is 5. The van der Waals surface area contributed by atoms with Gasteiger partial charge >= 0.3 is 12.2 Å². The van der Waals surface area contributed by atoms with Crippen molar-refractivity contribution in [1.29, 1.82) is 0 Å². The first-order chi connectivity index (χ1) is 31.8. The van der Waals surface area contributed by atoms with Crippen LogP contribution in [-0.4, -0.2) is 107 Å². The average molecular weight is 925 g/mol. The number of aromatic nitrogens is 2. The van der Waals surface area contributed by atoms with Crippen molar-refractivity contribution >= 4 is 41.2 Å². The Morgan fingerprint density at radius 1 is 0.803 bits per heavy atom. The van der Waals surface area contributed by atoms with Gasteiger partial charge in [0.15, 0.2) is 0 Å². The molecule has 9 rings (SSSR count). The zero-order chi connectivity index (χ0) is 46.4. The predicted molar refractivity (Wildman–Crippen MR) is 251 cm³/mol. The minimum atomic E-state index is -0.708. The van der Waals surface area contributed by atoms with E-state index in [2.05, 4.69) is 50.5 Å². The van der Waals surface area contributed by atoms with Crippen LogP contribution in [0.25, 0.3) is 21.7 Å². The van der Waals surface area contributed by atoms with Gasteiger partial charge in [-0.1, -0.05) is 64.8 Å². The van der Waals surface area contributed by atoms with Gasteiger partial charge in [0.1, 0.15) is 24.1 Å². The van der Waals surface area contributed by atoms with Crippen LogP contribution in [0.15, 0.2) is 30.5 Å². The molecule has 3 aliphatic heterocycles. The summed E-state index contributed by atoms with van der Waals surface area (Å²) in [6, 6.07) is 7.06. The summed E-state index contributed by atoms with van der Waals surface area (Å²) in [5.74, 6) is 0.471. The van der Waals surface area contributed by atoms with Crippen LogP contribution in [0.2, 0.25) is 0 Å². The number of aromatic amines is 1. The summed E-state index contributed by atoms with van der Waals surface area (Å²) in [6.45, 7) is 8.85. The Balaban J connectivity index is 0.903. The van der Waals surface area contributed by atoms with Gasteiger partial charge in [0, 0.05) is 28.9 Å². The zero-order valence-electron chi connectivity index (χ0n) is 39.4. The van der Waals surface area contributed by atoms with Gasteiger partial charge in [0.25, 0.3) is 0 Å². The van der Waals surface area contributed by atoms with Crippen molar-refractivity contribution < 1.29 is 33.4 Å². The number of benzene rings is 1. The second-order valence-electron chi connectivity index (χ2n) is 20.6. The fourth-order valence-electron chi connectivity index (χ4n) is 12.3. The number of methoxy groups -OCH3 is 2. The molecular formula is C50H68N8O7S. The highest BCUT2D eigenvalue weighted by molar-refractivity contribution is 7.16. The highest BCUT2D eigenvalue weighted by Gasteiger charge is 2.49. The minimum Gasteiger partial charge on any atom is -0.453 e. The third-order valence-corrected chi connectivity index (χ3v) is 17.3. The number of nitrogens with one attached hydrogen (secondary N) is 5. The summed E-state index contributed by atoms with van der Waals surface area (Å²) in [5, 5.41) is 12.6. The van der Waals surface area contributed by atoms with Crippen molar-refractivity contribution in [3.63, 3.8) is 0 Å². The lowest BCUT2D eigenvalue weighted by Crippen LogP contribution is -2.68. The number of alkyl carbamates (subject to hydrolysis) is 2. The van der Waals surface area contributed by atoms with Crippen LogP contribution < -0.4 is 21.3 Å². The molecule has 5 heterocycles. The van der Waals surface area contributed by atoms with Gasteiger partial charge in [0.2, 0.25) is 17.7 Å². The number of fused-ring (bicyclic) bond motifs is 2. The normalized spacial score (nSPS) is 26.6. The topological polar surface area (TPSA) is 187 Å². The Labute approximate surface area is 392 Å². The molecule has 1 aromatic carbocycles. The molecule has 3 aromatic rings. The van der Waals surface area contributed by atoms with E-state index in [4.69, 9.17) is 14.5 Å². The SMILES string of the molecule is COC(=O)N[C@H](C(=O)N1CCC[C@H]1c1ncc(-c2ccc(-c3sc(C4CCC5NC([C@@H]6CCCN6C(=O)[C@@H](NC(=O)OC)C(C)C)NC(=O)C5C4)c4c3CC3(CCCC3)C4)cc2)[nH]1)C(C)C. The number of carbonyl (C=O) groups excluding carboxylic acids is 5. The standard InChI is InChI=1S/C50H68N8O7S/c1-27(2)39(54-48(62)64-5)46(60)57-21-9-11-37(57)43-51-26-36(53-43)29-13-15-30(16-14-29)41-33-24-50(19-7-8-20-50)25-34(33)42(66-41)31-17-18-35-32(23-31)45(59)56-44(52-35)38-12-10-22-58(38)47(61)40(28(3)4)55-49(63)65-6/h13-16,26-28,31-32,35,37-40,44,52H,7-12,17-25H2,1-6H3,(H,51,53)(H,54,62)(H,55,63)(H,56,59)/t31?,32?,35?,37-,38-,39-,40-,44?/m0/s1. The van der Waals surface area contributed by atoms with E-state index in [0.29, 0.717) is 24.4 Å². The van der Waals surface area contributed by atoms with Crippen molar-refractivity contribution in [2.24, 2.45) is 23.2 Å². The van der Waals surface area contributed by atoms with E-state index >= 15 is 0 Å². The maximum Gasteiger partial charge on any atom is 0.407 e. The summed E-state index contributed by atoms with van der Waals surface area (Å²) in [6.07, 6.45) is 13.6. The number of likely N-dealkylation sites (tertiary alicyclic amines) is 2. The minimum absolute atomic E-state index is 0.0357. The summed E-state index contributed by atoms with van der Waals surface area (Å²) >= 11 is 1.95. The van der Waals surface area contributed by atoms with Gasteiger partial charge in [-0.2, -0.15) is 0 Å². The number of rotatable bonds is 11. The van der Waals surface area contributed by atoms with Gasteiger partial charge < -0.3 is 40.2 Å². The monoisotopic (exact) mass is 924 g/mol. The van der Waals surface area contributed by atoms with Crippen LogP contribution in [0.3, 0.4) is 0 Å². The number of H-pyrrole nitrogens is 1. The first-order valence-corrected chi connectivity index (χ1v) is 25.3. The third kappa shape index (κ3) is 8.83. The van der Waals surface area contributed by atoms with E-state index in [1.807, 2.05) is 55.0 Å². The third-order valence-electron chi connectivity index (χ3n) is 15.8. The summed E-state index contributed by atoms with van der Waals surface area (Å²) < 4.78 is 9.63. The van der Waals surface area contributed by atoms with Crippen LogP contribution in [0, 0.1) is 23.2 Å². The molecule has 356 valence electrons. The zero-order valence-corrected chi connectivity index (χ0v) is 40.2. The molecule has 66 heavy (non-hydrogen) atoms. The maximum atomic E-state index is 14.1. The molecule has 3 aliphatic carbocycles. The highest BCUT2D eigenvalue weighted by Crippen LogP contribution is 2.57. The Morgan fingerprint density at radius 3 is 2.09 bits per heavy atom.